The maximum atomic E-state index is 5.58. The highest BCUT2D eigenvalue weighted by atomic mass is 15.0. The number of rotatable bonds is 3. The topological polar surface area (TPSA) is 22.8 Å². The van der Waals surface area contributed by atoms with Crippen molar-refractivity contribution in [3.8, 4) is 44.9 Å². The van der Waals surface area contributed by atoms with E-state index in [1.54, 1.807) is 0 Å². The Labute approximate surface area is 374 Å². The van der Waals surface area contributed by atoms with Crippen LogP contribution in [-0.2, 0) is 5.41 Å². The molecule has 2 aliphatic rings. The summed E-state index contributed by atoms with van der Waals surface area (Å²) in [5, 5.41) is 8.46. The Bertz CT molecular complexity index is 4140. The van der Waals surface area contributed by atoms with E-state index >= 15 is 0 Å². The molecule has 0 bridgehead atoms. The molecule has 15 rings (SSSR count). The third-order valence-corrected chi connectivity index (χ3v) is 14.7. The summed E-state index contributed by atoms with van der Waals surface area (Å²) in [7, 11) is 0. The van der Waals surface area contributed by atoms with Crippen molar-refractivity contribution in [3.63, 3.8) is 0 Å². The molecule has 0 N–H and O–H groups in total. The van der Waals surface area contributed by atoms with Crippen LogP contribution >= 0.6 is 0 Å². The first-order valence-corrected chi connectivity index (χ1v) is 22.6. The summed E-state index contributed by atoms with van der Waals surface area (Å²) in [6, 6.07) is 83.1. The Kier molecular flexibility index (Phi) is 6.88. The standard InChI is InChI=1S/C62H37N3/c1-2-18-39(19-3-1)64-57-31-14-8-25-45(57)47-33-34-48-46-26-9-15-32-58(46)65(61(48)60(47)64)40-20-16-17-38(35-40)59-51-36-50-43-23-6-12-29-54(43)62(55(50)37-49(51)44-24-7-13-30-56(44)63-59)52-27-10-4-21-41(52)42-22-5-11-28-53(42)62/h1-37H. The van der Waals surface area contributed by atoms with Gasteiger partial charge in [-0.05, 0) is 104 Å². The molecule has 0 radical (unpaired) electrons. The highest BCUT2D eigenvalue weighted by molar-refractivity contribution is 6.24. The van der Waals surface area contributed by atoms with Crippen LogP contribution in [-0.4, -0.2) is 14.1 Å². The fraction of sp³-hybridized carbons (Fsp3) is 0.0161. The van der Waals surface area contributed by atoms with Gasteiger partial charge in [-0.15, -0.1) is 0 Å². The molecule has 65 heavy (non-hydrogen) atoms. The van der Waals surface area contributed by atoms with E-state index in [1.165, 1.54) is 93.5 Å². The van der Waals surface area contributed by atoms with E-state index in [9.17, 15) is 0 Å². The van der Waals surface area contributed by atoms with Gasteiger partial charge in [-0.25, -0.2) is 4.98 Å². The van der Waals surface area contributed by atoms with Crippen LogP contribution in [0.5, 0.6) is 0 Å². The van der Waals surface area contributed by atoms with Gasteiger partial charge in [0.25, 0.3) is 0 Å². The Morgan fingerprint density at radius 3 is 1.46 bits per heavy atom. The van der Waals surface area contributed by atoms with Crippen LogP contribution in [0.4, 0.5) is 0 Å². The number of hydrogen-bond donors (Lipinski definition) is 0. The fourth-order valence-corrected chi connectivity index (χ4v) is 12.2. The molecule has 0 atom stereocenters. The second-order valence-corrected chi connectivity index (χ2v) is 17.8. The van der Waals surface area contributed by atoms with Crippen molar-refractivity contribution in [1.29, 1.82) is 0 Å². The van der Waals surface area contributed by atoms with E-state index in [0.29, 0.717) is 0 Å². The molecular formula is C62H37N3. The lowest BCUT2D eigenvalue weighted by molar-refractivity contribution is 0.795. The maximum Gasteiger partial charge on any atom is 0.0789 e. The number of pyridine rings is 1. The first-order valence-electron chi connectivity index (χ1n) is 22.6. The summed E-state index contributed by atoms with van der Waals surface area (Å²) in [4.78, 5) is 5.58. The summed E-state index contributed by atoms with van der Waals surface area (Å²) >= 11 is 0. The molecule has 3 nitrogen and oxygen atoms in total. The van der Waals surface area contributed by atoms with E-state index in [1.807, 2.05) is 0 Å². The number of nitrogens with zero attached hydrogens (tertiary/aromatic N) is 3. The minimum absolute atomic E-state index is 0.429. The van der Waals surface area contributed by atoms with Crippen LogP contribution in [0.3, 0.4) is 0 Å². The van der Waals surface area contributed by atoms with E-state index in [2.05, 4.69) is 234 Å². The number of benzene rings is 10. The minimum atomic E-state index is -0.429. The number of hydrogen-bond acceptors (Lipinski definition) is 1. The lowest BCUT2D eigenvalue weighted by Gasteiger charge is -2.30. The predicted octanol–water partition coefficient (Wildman–Crippen LogP) is 15.6. The highest BCUT2D eigenvalue weighted by Gasteiger charge is 2.51. The second-order valence-electron chi connectivity index (χ2n) is 17.8. The van der Waals surface area contributed by atoms with Gasteiger partial charge in [-0.3, -0.25) is 0 Å². The smallest absolute Gasteiger partial charge is 0.0789 e. The van der Waals surface area contributed by atoms with Crippen LogP contribution in [0.1, 0.15) is 22.3 Å². The zero-order chi connectivity index (χ0) is 42.4. The van der Waals surface area contributed by atoms with Gasteiger partial charge < -0.3 is 9.13 Å². The van der Waals surface area contributed by atoms with Gasteiger partial charge in [-0.2, -0.15) is 0 Å². The van der Waals surface area contributed by atoms with Crippen molar-refractivity contribution in [2.75, 3.05) is 0 Å². The quantitative estimate of drug-likeness (QED) is 0.163. The monoisotopic (exact) mass is 823 g/mol. The number of aromatic nitrogens is 3. The third kappa shape index (κ3) is 4.46. The lowest BCUT2D eigenvalue weighted by Crippen LogP contribution is -2.25. The molecule has 0 unspecified atom stereocenters. The van der Waals surface area contributed by atoms with Crippen molar-refractivity contribution in [2.24, 2.45) is 0 Å². The summed E-state index contributed by atoms with van der Waals surface area (Å²) in [5.41, 5.74) is 20.2. The van der Waals surface area contributed by atoms with Crippen LogP contribution in [0.15, 0.2) is 224 Å². The average Bonchev–Trinajstić information content (AvgIpc) is 4.08. The molecule has 300 valence electrons. The van der Waals surface area contributed by atoms with Crippen LogP contribution in [0.25, 0.3) is 110 Å². The van der Waals surface area contributed by atoms with E-state index in [4.69, 9.17) is 4.98 Å². The van der Waals surface area contributed by atoms with Gasteiger partial charge in [0.15, 0.2) is 0 Å². The number of fused-ring (bicyclic) bond motifs is 20. The summed E-state index contributed by atoms with van der Waals surface area (Å²) in [5.74, 6) is 0. The molecule has 3 heteroatoms. The third-order valence-electron chi connectivity index (χ3n) is 14.7. The Morgan fingerprint density at radius 2 is 0.815 bits per heavy atom. The summed E-state index contributed by atoms with van der Waals surface area (Å²) in [6.45, 7) is 0. The molecule has 3 aromatic heterocycles. The molecule has 0 saturated heterocycles. The molecule has 13 aromatic rings. The second kappa shape index (κ2) is 12.8. The molecule has 1 spiro atoms. The van der Waals surface area contributed by atoms with E-state index in [-0.39, 0.29) is 0 Å². The summed E-state index contributed by atoms with van der Waals surface area (Å²) < 4.78 is 4.95. The first kappa shape index (κ1) is 35.0. The molecule has 2 aliphatic carbocycles. The number of para-hydroxylation sites is 4. The van der Waals surface area contributed by atoms with Crippen LogP contribution < -0.4 is 0 Å². The molecule has 10 aromatic carbocycles. The maximum absolute atomic E-state index is 5.58. The largest absolute Gasteiger partial charge is 0.307 e. The highest BCUT2D eigenvalue weighted by Crippen LogP contribution is 2.63. The molecule has 0 saturated carbocycles. The Balaban J connectivity index is 1.03. The zero-order valence-corrected chi connectivity index (χ0v) is 35.2. The van der Waals surface area contributed by atoms with Crippen molar-refractivity contribution in [2.45, 2.75) is 5.41 Å². The fourth-order valence-electron chi connectivity index (χ4n) is 12.2. The molecule has 0 aliphatic heterocycles. The normalized spacial score (nSPS) is 13.4. The molecular weight excluding hydrogens is 787 g/mol. The molecule has 3 heterocycles. The van der Waals surface area contributed by atoms with Crippen molar-refractivity contribution in [3.05, 3.63) is 247 Å². The Morgan fingerprint density at radius 1 is 0.308 bits per heavy atom. The average molecular weight is 824 g/mol. The van der Waals surface area contributed by atoms with Gasteiger partial charge in [-0.1, -0.05) is 170 Å². The van der Waals surface area contributed by atoms with Gasteiger partial charge in [0.05, 0.1) is 38.7 Å². The lowest BCUT2D eigenvalue weighted by atomic mass is 9.70. The van der Waals surface area contributed by atoms with Crippen molar-refractivity contribution < 1.29 is 0 Å². The predicted molar refractivity (Wildman–Crippen MR) is 270 cm³/mol. The van der Waals surface area contributed by atoms with Gasteiger partial charge in [0.1, 0.15) is 0 Å². The van der Waals surface area contributed by atoms with Crippen molar-refractivity contribution in [1.82, 2.24) is 14.1 Å². The van der Waals surface area contributed by atoms with Gasteiger partial charge in [0.2, 0.25) is 0 Å². The van der Waals surface area contributed by atoms with E-state index < -0.39 is 5.41 Å². The van der Waals surface area contributed by atoms with Crippen LogP contribution in [0, 0.1) is 0 Å². The van der Waals surface area contributed by atoms with Crippen molar-refractivity contribution >= 4 is 65.3 Å². The van der Waals surface area contributed by atoms with Gasteiger partial charge >= 0.3 is 0 Å². The zero-order valence-electron chi connectivity index (χ0n) is 35.2. The van der Waals surface area contributed by atoms with Gasteiger partial charge in [0, 0.05) is 49.3 Å². The SMILES string of the molecule is c1ccc(-n2c3ccccc3c3ccc4c5ccccc5n(-c5cccc(-c6nc7ccccc7c7cc8c(cc67)-c6ccccc6C86c7ccccc7-c7ccccc76)c5)c4c32)cc1. The summed E-state index contributed by atoms with van der Waals surface area (Å²) in [6.07, 6.45) is 0. The van der Waals surface area contributed by atoms with E-state index in [0.717, 1.165) is 38.9 Å². The molecule has 0 amide bonds. The first-order chi connectivity index (χ1) is 32.3. The Hall–Kier alpha value is -8.53. The van der Waals surface area contributed by atoms with Crippen LogP contribution in [0.2, 0.25) is 0 Å². The minimum Gasteiger partial charge on any atom is -0.307 e. The molecule has 0 fully saturated rings.